The molecule has 0 saturated heterocycles. The lowest BCUT2D eigenvalue weighted by molar-refractivity contribution is 0.475. The molecule has 3 N–H and O–H groups in total. The number of hydrogen-bond donors (Lipinski definition) is 2. The van der Waals surface area contributed by atoms with Gasteiger partial charge in [-0.1, -0.05) is 48.9 Å². The quantitative estimate of drug-likeness (QED) is 0.774. The fourth-order valence-corrected chi connectivity index (χ4v) is 2.43. The fourth-order valence-electron chi connectivity index (χ4n) is 2.43. The van der Waals surface area contributed by atoms with Crippen LogP contribution in [0.3, 0.4) is 0 Å². The Morgan fingerprint density at radius 2 is 1.91 bits per heavy atom. The smallest absolute Gasteiger partial charge is 0.155 e. The van der Waals surface area contributed by atoms with Gasteiger partial charge in [-0.2, -0.15) is 4.68 Å². The third kappa shape index (κ3) is 2.65. The van der Waals surface area contributed by atoms with E-state index in [0.717, 1.165) is 18.4 Å². The summed E-state index contributed by atoms with van der Waals surface area (Å²) >= 11 is 0. The van der Waals surface area contributed by atoms with Crippen molar-refractivity contribution in [3.05, 3.63) is 54.1 Å². The number of nitrogens with two attached hydrogens (primary N) is 1. The molecule has 0 radical (unpaired) electrons. The summed E-state index contributed by atoms with van der Waals surface area (Å²) in [6.07, 6.45) is 2.18. The van der Waals surface area contributed by atoms with Crippen molar-refractivity contribution in [1.82, 2.24) is 15.0 Å². The maximum Gasteiger partial charge on any atom is 0.155 e. The van der Waals surface area contributed by atoms with Crippen LogP contribution >= 0.6 is 0 Å². The van der Waals surface area contributed by atoms with Crippen LogP contribution in [-0.2, 0) is 6.42 Å². The molecule has 0 bridgehead atoms. The van der Waals surface area contributed by atoms with E-state index in [9.17, 15) is 5.11 Å². The van der Waals surface area contributed by atoms with E-state index in [1.807, 2.05) is 18.2 Å². The van der Waals surface area contributed by atoms with Gasteiger partial charge in [-0.05, 0) is 24.1 Å². The number of phenols is 1. The van der Waals surface area contributed by atoms with Gasteiger partial charge in [-0.15, -0.1) is 5.10 Å². The number of aromatic nitrogens is 3. The minimum absolute atomic E-state index is 0.165. The Hall–Kier alpha value is -2.82. The molecule has 0 fully saturated rings. The number of nitrogen functional groups attached to an aromatic ring is 1. The number of anilines is 1. The summed E-state index contributed by atoms with van der Waals surface area (Å²) in [5, 5.41) is 17.8. The third-order valence-corrected chi connectivity index (χ3v) is 3.55. The van der Waals surface area contributed by atoms with E-state index >= 15 is 0 Å². The highest BCUT2D eigenvalue weighted by molar-refractivity contribution is 5.71. The number of benzene rings is 2. The van der Waals surface area contributed by atoms with E-state index in [2.05, 4.69) is 29.4 Å². The molecule has 0 aliphatic carbocycles. The minimum atomic E-state index is 0.165. The van der Waals surface area contributed by atoms with Crippen LogP contribution in [0.5, 0.6) is 5.75 Å². The van der Waals surface area contributed by atoms with Crippen molar-refractivity contribution in [1.29, 1.82) is 0 Å². The van der Waals surface area contributed by atoms with Crippen LogP contribution in [0.2, 0.25) is 0 Å². The third-order valence-electron chi connectivity index (χ3n) is 3.55. The summed E-state index contributed by atoms with van der Waals surface area (Å²) in [4.78, 5) is 0. The monoisotopic (exact) mass is 294 g/mol. The van der Waals surface area contributed by atoms with Crippen LogP contribution in [0.1, 0.15) is 18.9 Å². The minimum Gasteiger partial charge on any atom is -0.508 e. The molecule has 3 aromatic rings. The van der Waals surface area contributed by atoms with Gasteiger partial charge in [0.2, 0.25) is 0 Å². The Morgan fingerprint density at radius 1 is 1.14 bits per heavy atom. The van der Waals surface area contributed by atoms with Crippen molar-refractivity contribution >= 4 is 5.82 Å². The topological polar surface area (TPSA) is 77.0 Å². The molecule has 2 aromatic carbocycles. The molecule has 0 atom stereocenters. The predicted molar refractivity (Wildman–Crippen MR) is 86.9 cm³/mol. The van der Waals surface area contributed by atoms with Crippen LogP contribution in [-0.4, -0.2) is 20.1 Å². The summed E-state index contributed by atoms with van der Waals surface area (Å²) in [5.74, 6) is 0.617. The molecule has 5 nitrogen and oxygen atoms in total. The zero-order valence-electron chi connectivity index (χ0n) is 12.4. The number of rotatable bonds is 4. The number of aryl methyl sites for hydroxylation is 1. The fraction of sp³-hybridized carbons (Fsp3) is 0.176. The lowest BCUT2D eigenvalue weighted by atomic mass is 10.1. The normalized spacial score (nSPS) is 10.8. The largest absolute Gasteiger partial charge is 0.508 e. The summed E-state index contributed by atoms with van der Waals surface area (Å²) in [6, 6.07) is 15.0. The highest BCUT2D eigenvalue weighted by Gasteiger charge is 2.13. The van der Waals surface area contributed by atoms with Crippen molar-refractivity contribution in [2.45, 2.75) is 19.8 Å². The van der Waals surface area contributed by atoms with Crippen LogP contribution in [0.4, 0.5) is 5.82 Å². The second-order valence-corrected chi connectivity index (χ2v) is 5.20. The van der Waals surface area contributed by atoms with Gasteiger partial charge in [-0.25, -0.2) is 0 Å². The van der Waals surface area contributed by atoms with E-state index < -0.39 is 0 Å². The van der Waals surface area contributed by atoms with Crippen molar-refractivity contribution in [2.24, 2.45) is 0 Å². The summed E-state index contributed by atoms with van der Waals surface area (Å²) < 4.78 is 1.52. The van der Waals surface area contributed by atoms with Gasteiger partial charge in [-0.3, -0.25) is 0 Å². The molecule has 0 spiro atoms. The molecule has 5 heteroatoms. The maximum atomic E-state index is 9.57. The van der Waals surface area contributed by atoms with E-state index in [0.29, 0.717) is 17.2 Å². The standard InChI is InChI=1S/C17H18N4O/c1-2-4-12-7-9-13(10-8-12)16-17(18)21(20-19-16)14-5-3-6-15(22)11-14/h3,5-11,22H,2,4,18H2,1H3. The van der Waals surface area contributed by atoms with Gasteiger partial charge in [0.15, 0.2) is 5.82 Å². The number of hydrogen-bond acceptors (Lipinski definition) is 4. The first-order chi connectivity index (χ1) is 10.7. The van der Waals surface area contributed by atoms with Gasteiger partial charge in [0, 0.05) is 11.6 Å². The predicted octanol–water partition coefficient (Wildman–Crippen LogP) is 3.17. The molecular formula is C17H18N4O. The van der Waals surface area contributed by atoms with Gasteiger partial charge in [0.1, 0.15) is 11.4 Å². The zero-order chi connectivity index (χ0) is 15.5. The Labute approximate surface area is 129 Å². The number of nitrogens with zero attached hydrogens (tertiary/aromatic N) is 3. The molecule has 0 saturated carbocycles. The van der Waals surface area contributed by atoms with Crippen LogP contribution in [0.15, 0.2) is 48.5 Å². The lowest BCUT2D eigenvalue weighted by Crippen LogP contribution is -2.02. The average molecular weight is 294 g/mol. The summed E-state index contributed by atoms with van der Waals surface area (Å²) in [5.41, 5.74) is 9.73. The molecule has 0 aliphatic heterocycles. The Balaban J connectivity index is 1.96. The van der Waals surface area contributed by atoms with E-state index in [1.165, 1.54) is 10.2 Å². The Morgan fingerprint density at radius 3 is 2.59 bits per heavy atom. The molecule has 0 amide bonds. The molecule has 3 rings (SSSR count). The second kappa shape index (κ2) is 5.89. The molecule has 1 aromatic heterocycles. The Bertz CT molecular complexity index is 778. The van der Waals surface area contributed by atoms with Gasteiger partial charge >= 0.3 is 0 Å². The van der Waals surface area contributed by atoms with Crippen molar-refractivity contribution < 1.29 is 5.11 Å². The molecule has 112 valence electrons. The average Bonchev–Trinajstić information content (AvgIpc) is 2.90. The zero-order valence-corrected chi connectivity index (χ0v) is 12.4. The second-order valence-electron chi connectivity index (χ2n) is 5.20. The molecular weight excluding hydrogens is 276 g/mol. The molecule has 1 heterocycles. The molecule has 0 unspecified atom stereocenters. The van der Waals surface area contributed by atoms with Crippen molar-refractivity contribution in [2.75, 3.05) is 5.73 Å². The first kappa shape index (κ1) is 14.1. The van der Waals surface area contributed by atoms with Gasteiger partial charge < -0.3 is 10.8 Å². The van der Waals surface area contributed by atoms with E-state index in [4.69, 9.17) is 5.73 Å². The van der Waals surface area contributed by atoms with E-state index in [-0.39, 0.29) is 5.75 Å². The van der Waals surface area contributed by atoms with Crippen molar-refractivity contribution in [3.63, 3.8) is 0 Å². The molecule has 22 heavy (non-hydrogen) atoms. The Kier molecular flexibility index (Phi) is 3.78. The maximum absolute atomic E-state index is 9.57. The molecule has 0 aliphatic rings. The number of aromatic hydroxyl groups is 1. The SMILES string of the molecule is CCCc1ccc(-c2nnn(-c3cccc(O)c3)c2N)cc1. The summed E-state index contributed by atoms with van der Waals surface area (Å²) in [7, 11) is 0. The summed E-state index contributed by atoms with van der Waals surface area (Å²) in [6.45, 7) is 2.16. The van der Waals surface area contributed by atoms with Gasteiger partial charge in [0.25, 0.3) is 0 Å². The van der Waals surface area contributed by atoms with Crippen LogP contribution in [0, 0.1) is 0 Å². The van der Waals surface area contributed by atoms with Crippen LogP contribution in [0.25, 0.3) is 16.9 Å². The van der Waals surface area contributed by atoms with Gasteiger partial charge in [0.05, 0.1) is 5.69 Å². The highest BCUT2D eigenvalue weighted by atomic mass is 16.3. The number of phenolic OH excluding ortho intramolecular Hbond substituents is 1. The van der Waals surface area contributed by atoms with Crippen LogP contribution < -0.4 is 5.73 Å². The van der Waals surface area contributed by atoms with Crippen molar-refractivity contribution in [3.8, 4) is 22.7 Å². The van der Waals surface area contributed by atoms with E-state index in [1.54, 1.807) is 18.2 Å². The first-order valence-electron chi connectivity index (χ1n) is 7.29. The first-order valence-corrected chi connectivity index (χ1v) is 7.29. The highest BCUT2D eigenvalue weighted by Crippen LogP contribution is 2.26. The lowest BCUT2D eigenvalue weighted by Gasteiger charge is -2.04.